The molecule has 0 aliphatic carbocycles. The zero-order valence-electron chi connectivity index (χ0n) is 11.5. The van der Waals surface area contributed by atoms with Crippen molar-refractivity contribution in [2.75, 3.05) is 0 Å². The average Bonchev–Trinajstić information content (AvgIpc) is 2.91. The molecule has 3 aromatic rings. The minimum atomic E-state index is -3.63. The molecule has 0 saturated carbocycles. The molecule has 21 heavy (non-hydrogen) atoms. The molecule has 0 fully saturated rings. The Kier molecular flexibility index (Phi) is 3.31. The first-order chi connectivity index (χ1) is 10.0. The van der Waals surface area contributed by atoms with Gasteiger partial charge in [-0.2, -0.15) is 0 Å². The number of aromatic nitrogens is 1. The number of hydrogen-bond donors (Lipinski definition) is 1. The quantitative estimate of drug-likeness (QED) is 0.809. The van der Waals surface area contributed by atoms with Crippen LogP contribution in [0.15, 0.2) is 59.6 Å². The molecule has 0 spiro atoms. The van der Waals surface area contributed by atoms with E-state index in [4.69, 9.17) is 0 Å². The Bertz CT molecular complexity index is 893. The number of hydrogen-bond acceptors (Lipinski definition) is 3. The molecule has 0 saturated heterocycles. The molecule has 4 nitrogen and oxygen atoms in total. The lowest BCUT2D eigenvalue weighted by atomic mass is 10.2. The summed E-state index contributed by atoms with van der Waals surface area (Å²) >= 11 is 0. The number of aliphatic hydroxyl groups excluding tert-OH is 1. The minimum absolute atomic E-state index is 0.119. The number of nitrogens with zero attached hydrogens (tertiary/aromatic N) is 1. The molecule has 3 rings (SSSR count). The van der Waals surface area contributed by atoms with E-state index >= 15 is 0 Å². The molecule has 0 aliphatic heterocycles. The van der Waals surface area contributed by atoms with Crippen LogP contribution < -0.4 is 0 Å². The van der Waals surface area contributed by atoms with Crippen molar-refractivity contribution in [3.63, 3.8) is 0 Å². The highest BCUT2D eigenvalue weighted by atomic mass is 32.2. The third kappa shape index (κ3) is 2.34. The SMILES string of the molecule is Cc1ccc(S(=O)(=O)n2ccc3ccc(CO)cc32)cc1. The van der Waals surface area contributed by atoms with Gasteiger partial charge in [-0.05, 0) is 36.8 Å². The van der Waals surface area contributed by atoms with E-state index in [1.807, 2.05) is 13.0 Å². The summed E-state index contributed by atoms with van der Waals surface area (Å²) in [6.07, 6.45) is 1.54. The third-order valence-electron chi connectivity index (χ3n) is 3.48. The number of fused-ring (bicyclic) bond motifs is 1. The maximum atomic E-state index is 12.7. The minimum Gasteiger partial charge on any atom is -0.392 e. The highest BCUT2D eigenvalue weighted by molar-refractivity contribution is 7.90. The molecule has 2 aromatic carbocycles. The summed E-state index contributed by atoms with van der Waals surface area (Å²) in [6.45, 7) is 1.79. The second-order valence-electron chi connectivity index (χ2n) is 4.98. The van der Waals surface area contributed by atoms with Gasteiger partial charge in [0, 0.05) is 11.6 Å². The molecule has 0 bridgehead atoms. The van der Waals surface area contributed by atoms with E-state index in [0.717, 1.165) is 10.9 Å². The first-order valence-electron chi connectivity index (χ1n) is 6.55. The van der Waals surface area contributed by atoms with Crippen molar-refractivity contribution in [3.8, 4) is 0 Å². The van der Waals surface area contributed by atoms with Crippen LogP contribution in [0, 0.1) is 6.92 Å². The van der Waals surface area contributed by atoms with Gasteiger partial charge in [0.05, 0.1) is 17.0 Å². The van der Waals surface area contributed by atoms with Crippen molar-refractivity contribution >= 4 is 20.9 Å². The molecular formula is C16H15NO3S. The maximum absolute atomic E-state index is 12.7. The number of benzene rings is 2. The van der Waals surface area contributed by atoms with E-state index in [9.17, 15) is 13.5 Å². The van der Waals surface area contributed by atoms with Crippen LogP contribution >= 0.6 is 0 Å². The molecular weight excluding hydrogens is 286 g/mol. The summed E-state index contributed by atoms with van der Waals surface area (Å²) in [6, 6.07) is 13.8. The number of aryl methyl sites for hydroxylation is 1. The van der Waals surface area contributed by atoms with Crippen molar-refractivity contribution in [2.24, 2.45) is 0 Å². The van der Waals surface area contributed by atoms with E-state index in [2.05, 4.69) is 0 Å². The van der Waals surface area contributed by atoms with Crippen LogP contribution in [0.2, 0.25) is 0 Å². The van der Waals surface area contributed by atoms with E-state index in [-0.39, 0.29) is 11.5 Å². The van der Waals surface area contributed by atoms with Crippen LogP contribution in [-0.2, 0) is 16.6 Å². The Hall–Kier alpha value is -2.11. The fourth-order valence-electron chi connectivity index (χ4n) is 2.28. The van der Waals surface area contributed by atoms with E-state index < -0.39 is 10.0 Å². The normalized spacial score (nSPS) is 11.9. The molecule has 0 radical (unpaired) electrons. The summed E-state index contributed by atoms with van der Waals surface area (Å²) in [5, 5.41) is 10.0. The first-order valence-corrected chi connectivity index (χ1v) is 7.99. The van der Waals surface area contributed by atoms with Gasteiger partial charge in [-0.1, -0.05) is 29.8 Å². The lowest BCUT2D eigenvalue weighted by Crippen LogP contribution is -2.11. The van der Waals surface area contributed by atoms with Crippen LogP contribution in [0.5, 0.6) is 0 Å². The van der Waals surface area contributed by atoms with Crippen molar-refractivity contribution in [1.82, 2.24) is 3.97 Å². The highest BCUT2D eigenvalue weighted by Crippen LogP contribution is 2.23. The summed E-state index contributed by atoms with van der Waals surface area (Å²) in [7, 11) is -3.63. The lowest BCUT2D eigenvalue weighted by Gasteiger charge is -2.08. The summed E-state index contributed by atoms with van der Waals surface area (Å²) in [5.41, 5.74) is 2.26. The lowest BCUT2D eigenvalue weighted by molar-refractivity contribution is 0.282. The van der Waals surface area contributed by atoms with Crippen molar-refractivity contribution in [2.45, 2.75) is 18.4 Å². The average molecular weight is 301 g/mol. The van der Waals surface area contributed by atoms with Crippen molar-refractivity contribution < 1.29 is 13.5 Å². The van der Waals surface area contributed by atoms with Crippen molar-refractivity contribution in [3.05, 3.63) is 65.9 Å². The van der Waals surface area contributed by atoms with Gasteiger partial charge in [0.1, 0.15) is 0 Å². The van der Waals surface area contributed by atoms with Crippen molar-refractivity contribution in [1.29, 1.82) is 0 Å². The number of aliphatic hydroxyl groups is 1. The predicted molar refractivity (Wildman–Crippen MR) is 81.6 cm³/mol. The fourth-order valence-corrected chi connectivity index (χ4v) is 3.63. The van der Waals surface area contributed by atoms with Crippen LogP contribution in [0.25, 0.3) is 10.9 Å². The Balaban J connectivity index is 2.21. The summed E-state index contributed by atoms with van der Waals surface area (Å²) in [5.74, 6) is 0. The largest absolute Gasteiger partial charge is 0.392 e. The van der Waals surface area contributed by atoms with E-state index in [1.54, 1.807) is 48.7 Å². The molecule has 1 N–H and O–H groups in total. The van der Waals surface area contributed by atoms with Crippen LogP contribution in [0.3, 0.4) is 0 Å². The van der Waals surface area contributed by atoms with Crippen LogP contribution in [0.4, 0.5) is 0 Å². The zero-order chi connectivity index (χ0) is 15.0. The predicted octanol–water partition coefficient (Wildman–Crippen LogP) is 2.68. The molecule has 0 aliphatic rings. The zero-order valence-corrected chi connectivity index (χ0v) is 12.3. The molecule has 108 valence electrons. The van der Waals surface area contributed by atoms with Gasteiger partial charge >= 0.3 is 0 Å². The highest BCUT2D eigenvalue weighted by Gasteiger charge is 2.18. The van der Waals surface area contributed by atoms with Gasteiger partial charge in [0.2, 0.25) is 0 Å². The fraction of sp³-hybridized carbons (Fsp3) is 0.125. The molecule has 1 aromatic heterocycles. The Labute approximate surface area is 123 Å². The Morgan fingerprint density at radius 3 is 2.43 bits per heavy atom. The standard InChI is InChI=1S/C16H15NO3S/c1-12-2-6-15(7-3-12)21(19,20)17-9-8-14-5-4-13(11-18)10-16(14)17/h2-10,18H,11H2,1H3. The molecule has 0 atom stereocenters. The number of rotatable bonds is 3. The Morgan fingerprint density at radius 1 is 1.05 bits per heavy atom. The molecule has 0 unspecified atom stereocenters. The second kappa shape index (κ2) is 5.02. The second-order valence-corrected chi connectivity index (χ2v) is 6.80. The van der Waals surface area contributed by atoms with Gasteiger partial charge in [-0.25, -0.2) is 12.4 Å². The van der Waals surface area contributed by atoms with Crippen LogP contribution in [0.1, 0.15) is 11.1 Å². The summed E-state index contributed by atoms with van der Waals surface area (Å²) in [4.78, 5) is 0.250. The van der Waals surface area contributed by atoms with E-state index in [1.165, 1.54) is 3.97 Å². The van der Waals surface area contributed by atoms with Gasteiger partial charge in [0.15, 0.2) is 0 Å². The molecule has 0 amide bonds. The smallest absolute Gasteiger partial charge is 0.268 e. The molecule has 5 heteroatoms. The van der Waals surface area contributed by atoms with Gasteiger partial charge < -0.3 is 5.11 Å². The monoisotopic (exact) mass is 301 g/mol. The van der Waals surface area contributed by atoms with Gasteiger partial charge in [0.25, 0.3) is 10.0 Å². The van der Waals surface area contributed by atoms with Gasteiger partial charge in [-0.15, -0.1) is 0 Å². The topological polar surface area (TPSA) is 59.3 Å². The van der Waals surface area contributed by atoms with Crippen LogP contribution in [-0.4, -0.2) is 17.5 Å². The summed E-state index contributed by atoms with van der Waals surface area (Å²) < 4.78 is 26.7. The Morgan fingerprint density at radius 2 is 1.76 bits per heavy atom. The van der Waals surface area contributed by atoms with Gasteiger partial charge in [-0.3, -0.25) is 0 Å². The third-order valence-corrected chi connectivity index (χ3v) is 5.19. The maximum Gasteiger partial charge on any atom is 0.268 e. The molecule has 1 heterocycles. The van der Waals surface area contributed by atoms with E-state index in [0.29, 0.717) is 11.1 Å². The first kappa shape index (κ1) is 13.9.